The molecule has 0 radical (unpaired) electrons. The molecule has 84 valence electrons. The van der Waals surface area contributed by atoms with Gasteiger partial charge >= 0.3 is 5.97 Å². The minimum absolute atomic E-state index is 0.166. The van der Waals surface area contributed by atoms with E-state index in [4.69, 9.17) is 9.84 Å². The highest BCUT2D eigenvalue weighted by atomic mass is 16.5. The Hall–Kier alpha value is -2.37. The van der Waals surface area contributed by atoms with E-state index in [1.807, 2.05) is 0 Å². The average molecular weight is 222 g/mol. The Labute approximate surface area is 91.5 Å². The number of ether oxygens (including phenoxy) is 1. The molecule has 1 rings (SSSR count). The lowest BCUT2D eigenvalue weighted by molar-refractivity contribution is -0.129. The van der Waals surface area contributed by atoms with E-state index >= 15 is 0 Å². The zero-order chi connectivity index (χ0) is 12.0. The molecule has 6 heteroatoms. The quantitative estimate of drug-likeness (QED) is 0.332. The van der Waals surface area contributed by atoms with Crippen molar-refractivity contribution in [3.8, 4) is 5.75 Å². The molecule has 1 aromatic rings. The van der Waals surface area contributed by atoms with Crippen LogP contribution in [0.3, 0.4) is 0 Å². The molecule has 0 aliphatic carbocycles. The molecular weight excluding hydrogens is 212 g/mol. The molecule has 0 heterocycles. The maximum Gasteiger partial charge on any atom is 0.359 e. The number of anilines is 1. The molecule has 2 N–H and O–H groups in total. The summed E-state index contributed by atoms with van der Waals surface area (Å²) in [6, 6.07) is 6.65. The van der Waals surface area contributed by atoms with Crippen LogP contribution in [0.15, 0.2) is 29.4 Å². The lowest BCUT2D eigenvalue weighted by atomic mass is 10.3. The number of hydrazone groups is 1. The summed E-state index contributed by atoms with van der Waals surface area (Å²) >= 11 is 0. The first kappa shape index (κ1) is 11.7. The number of carbonyl (C=O) groups is 2. The fourth-order valence-electron chi connectivity index (χ4n) is 0.915. The number of carboxylic acids is 1. The smallest absolute Gasteiger partial charge is 0.359 e. The largest absolute Gasteiger partial charge is 0.497 e. The fraction of sp³-hybridized carbons (Fsp3) is 0.100. The van der Waals surface area contributed by atoms with Crippen molar-refractivity contribution in [2.24, 2.45) is 5.10 Å². The van der Waals surface area contributed by atoms with Crippen LogP contribution in [0.2, 0.25) is 0 Å². The molecule has 0 amide bonds. The lowest BCUT2D eigenvalue weighted by Crippen LogP contribution is -2.15. The predicted octanol–water partition coefficient (Wildman–Crippen LogP) is 0.747. The second-order valence-corrected chi connectivity index (χ2v) is 2.76. The van der Waals surface area contributed by atoms with E-state index < -0.39 is 11.7 Å². The lowest BCUT2D eigenvalue weighted by Gasteiger charge is -2.02. The molecule has 0 spiro atoms. The molecule has 0 saturated carbocycles. The van der Waals surface area contributed by atoms with Gasteiger partial charge in [-0.15, -0.1) is 0 Å². The molecule has 0 atom stereocenters. The van der Waals surface area contributed by atoms with Crippen LogP contribution in [0.25, 0.3) is 0 Å². The molecule has 6 nitrogen and oxygen atoms in total. The first-order chi connectivity index (χ1) is 7.67. The van der Waals surface area contributed by atoms with Crippen molar-refractivity contribution in [1.29, 1.82) is 0 Å². The molecule has 1 aromatic carbocycles. The van der Waals surface area contributed by atoms with Crippen molar-refractivity contribution in [3.63, 3.8) is 0 Å². The number of carbonyl (C=O) groups excluding carboxylic acids is 1. The summed E-state index contributed by atoms with van der Waals surface area (Å²) in [7, 11) is 1.54. The van der Waals surface area contributed by atoms with Gasteiger partial charge in [-0.2, -0.15) is 5.10 Å². The van der Waals surface area contributed by atoms with Crippen molar-refractivity contribution >= 4 is 23.7 Å². The summed E-state index contributed by atoms with van der Waals surface area (Å²) in [4.78, 5) is 20.7. The Bertz CT molecular complexity index is 411. The minimum Gasteiger partial charge on any atom is -0.497 e. The van der Waals surface area contributed by atoms with Crippen molar-refractivity contribution in [1.82, 2.24) is 0 Å². The summed E-state index contributed by atoms with van der Waals surface area (Å²) in [6.07, 6.45) is 0.166. The van der Waals surface area contributed by atoms with Crippen LogP contribution in [0.4, 0.5) is 5.69 Å². The summed E-state index contributed by atoms with van der Waals surface area (Å²) in [6.45, 7) is 0. The van der Waals surface area contributed by atoms with E-state index in [0.29, 0.717) is 11.4 Å². The van der Waals surface area contributed by atoms with Gasteiger partial charge in [-0.1, -0.05) is 0 Å². The number of benzene rings is 1. The molecule has 16 heavy (non-hydrogen) atoms. The third kappa shape index (κ3) is 3.09. The van der Waals surface area contributed by atoms with Crippen LogP contribution < -0.4 is 10.2 Å². The monoisotopic (exact) mass is 222 g/mol. The van der Waals surface area contributed by atoms with Crippen molar-refractivity contribution in [2.75, 3.05) is 12.5 Å². The summed E-state index contributed by atoms with van der Waals surface area (Å²) in [5.41, 5.74) is 2.42. The maximum absolute atomic E-state index is 10.4. The third-order valence-corrected chi connectivity index (χ3v) is 1.73. The molecule has 0 aliphatic rings. The summed E-state index contributed by atoms with van der Waals surface area (Å²) in [5.74, 6) is -0.709. The standard InChI is InChI=1S/C10H10N2O4/c1-16-8-4-2-7(3-5-8)11-12-9(6-13)10(14)15/h2-6,11H,1H3,(H,14,15)/b12-9+. The fourth-order valence-corrected chi connectivity index (χ4v) is 0.915. The first-order valence-corrected chi connectivity index (χ1v) is 4.33. The Kier molecular flexibility index (Phi) is 4.02. The van der Waals surface area contributed by atoms with E-state index in [2.05, 4.69) is 10.5 Å². The average Bonchev–Trinajstić information content (AvgIpc) is 2.30. The summed E-state index contributed by atoms with van der Waals surface area (Å²) in [5, 5.41) is 11.9. The van der Waals surface area contributed by atoms with E-state index in [9.17, 15) is 9.59 Å². The Balaban J connectivity index is 2.73. The minimum atomic E-state index is -1.38. The number of aliphatic carboxylic acids is 1. The van der Waals surface area contributed by atoms with Crippen LogP contribution in [0, 0.1) is 0 Å². The number of nitrogens with one attached hydrogen (secondary N) is 1. The third-order valence-electron chi connectivity index (χ3n) is 1.73. The Morgan fingerprint density at radius 3 is 2.50 bits per heavy atom. The van der Waals surface area contributed by atoms with Gasteiger partial charge in [-0.25, -0.2) is 4.79 Å². The SMILES string of the molecule is COc1ccc(N/N=C(\C=O)C(=O)O)cc1. The topological polar surface area (TPSA) is 88.0 Å². The van der Waals surface area contributed by atoms with Gasteiger partial charge in [0.1, 0.15) is 5.75 Å². The highest BCUT2D eigenvalue weighted by molar-refractivity contribution is 6.57. The first-order valence-electron chi connectivity index (χ1n) is 4.33. The van der Waals surface area contributed by atoms with Gasteiger partial charge in [0.15, 0.2) is 6.29 Å². The second-order valence-electron chi connectivity index (χ2n) is 2.76. The van der Waals surface area contributed by atoms with Crippen LogP contribution >= 0.6 is 0 Å². The predicted molar refractivity (Wildman–Crippen MR) is 57.8 cm³/mol. The Morgan fingerprint density at radius 1 is 1.44 bits per heavy atom. The summed E-state index contributed by atoms with van der Waals surface area (Å²) < 4.78 is 4.94. The number of carboxylic acid groups (broad SMARTS) is 1. The number of aldehydes is 1. The van der Waals surface area contributed by atoms with Crippen molar-refractivity contribution in [2.45, 2.75) is 0 Å². The van der Waals surface area contributed by atoms with Gasteiger partial charge in [-0.05, 0) is 24.3 Å². The number of rotatable bonds is 5. The molecule has 0 saturated heterocycles. The number of methoxy groups -OCH3 is 1. The van der Waals surface area contributed by atoms with E-state index in [0.717, 1.165) is 0 Å². The zero-order valence-electron chi connectivity index (χ0n) is 8.51. The van der Waals surface area contributed by atoms with Gasteiger partial charge < -0.3 is 9.84 Å². The van der Waals surface area contributed by atoms with Crippen molar-refractivity contribution < 1.29 is 19.4 Å². The molecular formula is C10H10N2O4. The second kappa shape index (κ2) is 5.50. The van der Waals surface area contributed by atoms with E-state index in [1.54, 1.807) is 24.3 Å². The highest BCUT2D eigenvalue weighted by Gasteiger charge is 2.06. The molecule has 0 aromatic heterocycles. The van der Waals surface area contributed by atoms with Gasteiger partial charge in [0.2, 0.25) is 5.71 Å². The van der Waals surface area contributed by atoms with Crippen LogP contribution in [-0.4, -0.2) is 30.2 Å². The van der Waals surface area contributed by atoms with Crippen molar-refractivity contribution in [3.05, 3.63) is 24.3 Å². The van der Waals surface area contributed by atoms with E-state index in [1.165, 1.54) is 7.11 Å². The maximum atomic E-state index is 10.4. The molecule has 0 fully saturated rings. The van der Waals surface area contributed by atoms with Gasteiger partial charge in [-0.3, -0.25) is 10.2 Å². The highest BCUT2D eigenvalue weighted by Crippen LogP contribution is 2.14. The van der Waals surface area contributed by atoms with Gasteiger partial charge in [0, 0.05) is 0 Å². The van der Waals surface area contributed by atoms with Crippen LogP contribution in [-0.2, 0) is 9.59 Å². The number of hydrogen-bond donors (Lipinski definition) is 2. The van der Waals surface area contributed by atoms with Gasteiger partial charge in [0.05, 0.1) is 12.8 Å². The van der Waals surface area contributed by atoms with Gasteiger partial charge in [0.25, 0.3) is 0 Å². The van der Waals surface area contributed by atoms with Crippen LogP contribution in [0.5, 0.6) is 5.75 Å². The number of hydrogen-bond acceptors (Lipinski definition) is 5. The Morgan fingerprint density at radius 2 is 2.06 bits per heavy atom. The molecule has 0 bridgehead atoms. The van der Waals surface area contributed by atoms with Crippen LogP contribution in [0.1, 0.15) is 0 Å². The molecule has 0 unspecified atom stereocenters. The molecule has 0 aliphatic heterocycles. The zero-order valence-corrected chi connectivity index (χ0v) is 8.51. The normalized spacial score (nSPS) is 10.7. The van der Waals surface area contributed by atoms with E-state index in [-0.39, 0.29) is 6.29 Å². The number of nitrogens with zero attached hydrogens (tertiary/aromatic N) is 1.